The highest BCUT2D eigenvalue weighted by atomic mass is 16.5. The number of hydrogen-bond donors (Lipinski definition) is 2. The molecule has 3 rings (SSSR count). The molecule has 3 aromatic rings. The minimum atomic E-state index is -0.136. The van der Waals surface area contributed by atoms with Crippen molar-refractivity contribution in [2.24, 2.45) is 0 Å². The van der Waals surface area contributed by atoms with Crippen molar-refractivity contribution in [2.75, 3.05) is 26.1 Å². The first kappa shape index (κ1) is 20.2. The maximum absolute atomic E-state index is 12.5. The van der Waals surface area contributed by atoms with Crippen LogP contribution in [-0.2, 0) is 13.0 Å². The molecule has 6 nitrogen and oxygen atoms in total. The van der Waals surface area contributed by atoms with Crippen molar-refractivity contribution in [2.45, 2.75) is 13.0 Å². The lowest BCUT2D eigenvalue weighted by molar-refractivity contribution is 0.0954. The molecule has 1 heterocycles. The Morgan fingerprint density at radius 1 is 0.931 bits per heavy atom. The number of ether oxygens (including phenoxy) is 2. The summed E-state index contributed by atoms with van der Waals surface area (Å²) in [6.45, 7) is 1.07. The molecule has 0 bridgehead atoms. The van der Waals surface area contributed by atoms with Gasteiger partial charge in [-0.3, -0.25) is 4.79 Å². The molecule has 6 heteroatoms. The summed E-state index contributed by atoms with van der Waals surface area (Å²) in [6.07, 6.45) is 2.32. The highest BCUT2D eigenvalue weighted by Crippen LogP contribution is 2.19. The van der Waals surface area contributed by atoms with Crippen LogP contribution in [0.3, 0.4) is 0 Å². The molecule has 2 N–H and O–H groups in total. The maximum Gasteiger partial charge on any atom is 0.251 e. The van der Waals surface area contributed by atoms with E-state index < -0.39 is 0 Å². The van der Waals surface area contributed by atoms with Crippen LogP contribution in [0, 0.1) is 0 Å². The van der Waals surface area contributed by atoms with Crippen LogP contribution in [0.1, 0.15) is 21.5 Å². The summed E-state index contributed by atoms with van der Waals surface area (Å²) in [5.41, 5.74) is 2.63. The lowest BCUT2D eigenvalue weighted by Gasteiger charge is -2.11. The molecule has 29 heavy (non-hydrogen) atoms. The number of nitrogens with one attached hydrogen (secondary N) is 2. The van der Waals surface area contributed by atoms with Gasteiger partial charge >= 0.3 is 0 Å². The van der Waals surface area contributed by atoms with Crippen LogP contribution in [0.5, 0.6) is 11.5 Å². The molecular weight excluding hydrogens is 366 g/mol. The number of carbonyl (C=O) groups excluding carboxylic acids is 1. The van der Waals surface area contributed by atoms with Crippen LogP contribution in [0.15, 0.2) is 66.9 Å². The van der Waals surface area contributed by atoms with Crippen molar-refractivity contribution in [3.63, 3.8) is 0 Å². The van der Waals surface area contributed by atoms with Crippen LogP contribution in [0.25, 0.3) is 0 Å². The molecule has 0 radical (unpaired) electrons. The highest BCUT2D eigenvalue weighted by Gasteiger charge is 2.08. The third-order valence-electron chi connectivity index (χ3n) is 4.55. The van der Waals surface area contributed by atoms with Crippen LogP contribution in [0.4, 0.5) is 5.82 Å². The summed E-state index contributed by atoms with van der Waals surface area (Å²) in [4.78, 5) is 16.8. The zero-order valence-corrected chi connectivity index (χ0v) is 16.6. The Hall–Kier alpha value is -3.54. The Labute approximate surface area is 170 Å². The zero-order valence-electron chi connectivity index (χ0n) is 16.6. The number of carbonyl (C=O) groups is 1. The molecule has 0 aliphatic carbocycles. The summed E-state index contributed by atoms with van der Waals surface area (Å²) in [7, 11) is 3.29. The van der Waals surface area contributed by atoms with Gasteiger partial charge in [-0.2, -0.15) is 0 Å². The second-order valence-electron chi connectivity index (χ2n) is 6.41. The normalized spacial score (nSPS) is 10.3. The van der Waals surface area contributed by atoms with E-state index in [4.69, 9.17) is 9.47 Å². The molecule has 1 aromatic heterocycles. The van der Waals surface area contributed by atoms with Crippen LogP contribution < -0.4 is 20.1 Å². The third kappa shape index (κ3) is 5.48. The van der Waals surface area contributed by atoms with Crippen LogP contribution in [0.2, 0.25) is 0 Å². The van der Waals surface area contributed by atoms with E-state index in [2.05, 4.69) is 15.6 Å². The van der Waals surface area contributed by atoms with Gasteiger partial charge < -0.3 is 20.1 Å². The van der Waals surface area contributed by atoms with E-state index in [0.29, 0.717) is 30.9 Å². The minimum absolute atomic E-state index is 0.136. The quantitative estimate of drug-likeness (QED) is 0.582. The van der Waals surface area contributed by atoms with Crippen molar-refractivity contribution < 1.29 is 14.3 Å². The molecular formula is C23H25N3O3. The van der Waals surface area contributed by atoms with Crippen LogP contribution >= 0.6 is 0 Å². The van der Waals surface area contributed by atoms with Crippen molar-refractivity contribution in [3.05, 3.63) is 83.6 Å². The number of nitrogens with zero attached hydrogens (tertiary/aromatic N) is 1. The average Bonchev–Trinajstić information content (AvgIpc) is 2.78. The molecule has 0 spiro atoms. The summed E-state index contributed by atoms with van der Waals surface area (Å²) in [6, 6.07) is 19.0. The van der Waals surface area contributed by atoms with E-state index in [1.807, 2.05) is 48.5 Å². The number of pyridine rings is 1. The smallest absolute Gasteiger partial charge is 0.251 e. The third-order valence-corrected chi connectivity index (χ3v) is 4.55. The molecule has 0 saturated heterocycles. The van der Waals surface area contributed by atoms with Gasteiger partial charge in [0.2, 0.25) is 0 Å². The van der Waals surface area contributed by atoms with Gasteiger partial charge in [0.25, 0.3) is 5.91 Å². The van der Waals surface area contributed by atoms with Crippen LogP contribution in [-0.4, -0.2) is 31.7 Å². The predicted molar refractivity (Wildman–Crippen MR) is 114 cm³/mol. The van der Waals surface area contributed by atoms with Crippen molar-refractivity contribution in [3.8, 4) is 11.5 Å². The van der Waals surface area contributed by atoms with E-state index in [1.54, 1.807) is 32.5 Å². The number of amides is 1. The van der Waals surface area contributed by atoms with Crippen molar-refractivity contribution in [1.29, 1.82) is 0 Å². The largest absolute Gasteiger partial charge is 0.496 e. The molecule has 0 aliphatic rings. The standard InChI is InChI=1S/C23H25N3O3/c1-28-20-9-5-3-7-17(20)11-14-25-23(27)18-12-13-24-22(15-18)26-16-19-8-4-6-10-21(19)29-2/h3-10,12-13,15H,11,14,16H2,1-2H3,(H,24,26)(H,25,27). The van der Waals surface area contributed by atoms with E-state index >= 15 is 0 Å². The number of para-hydroxylation sites is 2. The van der Waals surface area contributed by atoms with Gasteiger partial charge in [0, 0.05) is 30.4 Å². The van der Waals surface area contributed by atoms with Gasteiger partial charge in [-0.05, 0) is 36.2 Å². The first-order valence-corrected chi connectivity index (χ1v) is 9.43. The van der Waals surface area contributed by atoms with E-state index in [1.165, 1.54) is 0 Å². The minimum Gasteiger partial charge on any atom is -0.496 e. The monoisotopic (exact) mass is 391 g/mol. The second-order valence-corrected chi connectivity index (χ2v) is 6.41. The first-order valence-electron chi connectivity index (χ1n) is 9.43. The highest BCUT2D eigenvalue weighted by molar-refractivity contribution is 5.94. The predicted octanol–water partition coefficient (Wildman–Crippen LogP) is 3.68. The number of hydrogen-bond acceptors (Lipinski definition) is 5. The lowest BCUT2D eigenvalue weighted by atomic mass is 10.1. The number of anilines is 1. The zero-order chi connectivity index (χ0) is 20.5. The second kappa shape index (κ2) is 10.1. The summed E-state index contributed by atoms with van der Waals surface area (Å²) >= 11 is 0. The number of benzene rings is 2. The van der Waals surface area contributed by atoms with Crippen molar-refractivity contribution >= 4 is 11.7 Å². The summed E-state index contributed by atoms with van der Waals surface area (Å²) in [5, 5.41) is 6.19. The van der Waals surface area contributed by atoms with E-state index in [-0.39, 0.29) is 5.91 Å². The summed E-state index contributed by atoms with van der Waals surface area (Å²) < 4.78 is 10.7. The maximum atomic E-state index is 12.5. The van der Waals surface area contributed by atoms with Crippen molar-refractivity contribution in [1.82, 2.24) is 10.3 Å². The molecule has 150 valence electrons. The Kier molecular flexibility index (Phi) is 7.05. The molecule has 0 aliphatic heterocycles. The molecule has 2 aromatic carbocycles. The average molecular weight is 391 g/mol. The molecule has 0 saturated carbocycles. The van der Waals surface area contributed by atoms with E-state index in [9.17, 15) is 4.79 Å². The number of methoxy groups -OCH3 is 2. The number of aromatic nitrogens is 1. The Balaban J connectivity index is 1.56. The fourth-order valence-corrected chi connectivity index (χ4v) is 3.03. The van der Waals surface area contributed by atoms with Gasteiger partial charge in [-0.15, -0.1) is 0 Å². The van der Waals surface area contributed by atoms with Gasteiger partial charge in [-0.25, -0.2) is 4.98 Å². The SMILES string of the molecule is COc1ccccc1CCNC(=O)c1ccnc(NCc2ccccc2OC)c1. The molecule has 0 unspecified atom stereocenters. The van der Waals surface area contributed by atoms with Gasteiger partial charge in [0.05, 0.1) is 14.2 Å². The fourth-order valence-electron chi connectivity index (χ4n) is 3.03. The lowest BCUT2D eigenvalue weighted by Crippen LogP contribution is -2.26. The summed E-state index contributed by atoms with van der Waals surface area (Å²) in [5.74, 6) is 2.13. The van der Waals surface area contributed by atoms with Gasteiger partial charge in [0.1, 0.15) is 17.3 Å². The van der Waals surface area contributed by atoms with Gasteiger partial charge in [-0.1, -0.05) is 36.4 Å². The molecule has 1 amide bonds. The topological polar surface area (TPSA) is 72.5 Å². The molecule has 0 fully saturated rings. The number of rotatable bonds is 9. The Morgan fingerprint density at radius 3 is 2.31 bits per heavy atom. The Bertz CT molecular complexity index is 959. The van der Waals surface area contributed by atoms with E-state index in [0.717, 1.165) is 22.6 Å². The first-order chi connectivity index (χ1) is 14.2. The van der Waals surface area contributed by atoms with Gasteiger partial charge in [0.15, 0.2) is 0 Å². The Morgan fingerprint density at radius 2 is 1.59 bits per heavy atom. The molecule has 0 atom stereocenters. The fraction of sp³-hybridized carbons (Fsp3) is 0.217.